The van der Waals surface area contributed by atoms with E-state index in [-0.39, 0.29) is 18.6 Å². The van der Waals surface area contributed by atoms with Gasteiger partial charge in [-0.2, -0.15) is 4.98 Å². The fourth-order valence-corrected chi connectivity index (χ4v) is 1.57. The van der Waals surface area contributed by atoms with E-state index >= 15 is 0 Å². The number of carbonyl (C=O) groups excluding carboxylic acids is 1. The first-order valence-electron chi connectivity index (χ1n) is 5.92. The normalized spacial score (nSPS) is 12.2. The molecule has 6 nitrogen and oxygen atoms in total. The molecular weight excluding hydrogens is 246 g/mol. The standard InChI is InChI=1S/C13H15N3O3/c1-8(7-17)14-13(18)11-5-3-4-10(6-11)12-15-9(2)19-16-12/h3-6,8,17H,7H2,1-2H3,(H,14,18). The van der Waals surface area contributed by atoms with Gasteiger partial charge in [0.1, 0.15) is 0 Å². The largest absolute Gasteiger partial charge is 0.394 e. The van der Waals surface area contributed by atoms with E-state index in [1.807, 2.05) is 0 Å². The second-order valence-corrected chi connectivity index (χ2v) is 4.27. The quantitative estimate of drug-likeness (QED) is 0.862. The molecule has 1 aromatic heterocycles. The van der Waals surface area contributed by atoms with Crippen molar-refractivity contribution in [3.63, 3.8) is 0 Å². The summed E-state index contributed by atoms with van der Waals surface area (Å²) < 4.78 is 4.91. The number of nitrogens with zero attached hydrogens (tertiary/aromatic N) is 2. The lowest BCUT2D eigenvalue weighted by Crippen LogP contribution is -2.34. The maximum absolute atomic E-state index is 11.9. The average molecular weight is 261 g/mol. The molecule has 1 amide bonds. The predicted molar refractivity (Wildman–Crippen MR) is 68.5 cm³/mol. The van der Waals surface area contributed by atoms with Crippen LogP contribution < -0.4 is 5.32 Å². The molecule has 0 aliphatic rings. The van der Waals surface area contributed by atoms with Crippen molar-refractivity contribution in [2.24, 2.45) is 0 Å². The molecule has 0 spiro atoms. The van der Waals surface area contributed by atoms with E-state index in [1.165, 1.54) is 0 Å². The minimum absolute atomic E-state index is 0.102. The van der Waals surface area contributed by atoms with E-state index in [4.69, 9.17) is 9.63 Å². The van der Waals surface area contributed by atoms with E-state index < -0.39 is 0 Å². The van der Waals surface area contributed by atoms with Gasteiger partial charge < -0.3 is 14.9 Å². The Balaban J connectivity index is 2.22. The molecule has 0 saturated heterocycles. The zero-order chi connectivity index (χ0) is 13.8. The van der Waals surface area contributed by atoms with Crippen LogP contribution in [0.15, 0.2) is 28.8 Å². The van der Waals surface area contributed by atoms with Crippen LogP contribution in [0.3, 0.4) is 0 Å². The van der Waals surface area contributed by atoms with E-state index in [9.17, 15) is 4.79 Å². The highest BCUT2D eigenvalue weighted by Gasteiger charge is 2.12. The lowest BCUT2D eigenvalue weighted by molar-refractivity contribution is 0.0922. The van der Waals surface area contributed by atoms with Gasteiger partial charge in [-0.1, -0.05) is 17.3 Å². The van der Waals surface area contributed by atoms with Crippen molar-refractivity contribution >= 4 is 5.91 Å². The minimum Gasteiger partial charge on any atom is -0.394 e. The second kappa shape index (κ2) is 5.62. The van der Waals surface area contributed by atoms with E-state index in [1.54, 1.807) is 38.1 Å². The SMILES string of the molecule is Cc1nc(-c2cccc(C(=O)NC(C)CO)c2)no1. The number of nitrogens with one attached hydrogen (secondary N) is 1. The molecule has 0 fully saturated rings. The fourth-order valence-electron chi connectivity index (χ4n) is 1.57. The minimum atomic E-state index is -0.288. The second-order valence-electron chi connectivity index (χ2n) is 4.27. The van der Waals surface area contributed by atoms with Crippen LogP contribution in [0.2, 0.25) is 0 Å². The van der Waals surface area contributed by atoms with E-state index in [0.29, 0.717) is 22.8 Å². The van der Waals surface area contributed by atoms with Gasteiger partial charge in [0.2, 0.25) is 11.7 Å². The summed E-state index contributed by atoms with van der Waals surface area (Å²) in [6.07, 6.45) is 0. The van der Waals surface area contributed by atoms with Crippen LogP contribution in [-0.2, 0) is 0 Å². The molecule has 0 aliphatic heterocycles. The van der Waals surface area contributed by atoms with Crippen molar-refractivity contribution in [3.05, 3.63) is 35.7 Å². The Labute approximate surface area is 110 Å². The third-order valence-electron chi connectivity index (χ3n) is 2.56. The molecule has 1 aromatic carbocycles. The molecule has 6 heteroatoms. The number of aromatic nitrogens is 2. The van der Waals surface area contributed by atoms with Crippen molar-refractivity contribution in [2.75, 3.05) is 6.61 Å². The Hall–Kier alpha value is -2.21. The lowest BCUT2D eigenvalue weighted by Gasteiger charge is -2.10. The lowest BCUT2D eigenvalue weighted by atomic mass is 10.1. The van der Waals surface area contributed by atoms with Gasteiger partial charge in [-0.3, -0.25) is 4.79 Å². The summed E-state index contributed by atoms with van der Waals surface area (Å²) in [5.74, 6) is 0.671. The van der Waals surface area contributed by atoms with Gasteiger partial charge in [0.05, 0.1) is 6.61 Å². The van der Waals surface area contributed by atoms with Crippen molar-refractivity contribution in [3.8, 4) is 11.4 Å². The number of carbonyl (C=O) groups is 1. The number of aliphatic hydroxyl groups is 1. The Morgan fingerprint density at radius 1 is 1.53 bits per heavy atom. The summed E-state index contributed by atoms with van der Waals surface area (Å²) in [5, 5.41) is 15.4. The molecule has 19 heavy (non-hydrogen) atoms. The summed E-state index contributed by atoms with van der Waals surface area (Å²) in [6, 6.07) is 6.64. The highest BCUT2D eigenvalue weighted by atomic mass is 16.5. The summed E-state index contributed by atoms with van der Waals surface area (Å²) in [5.41, 5.74) is 1.20. The molecular formula is C13H15N3O3. The topological polar surface area (TPSA) is 88.2 Å². The number of amides is 1. The van der Waals surface area contributed by atoms with Crippen LogP contribution in [0.4, 0.5) is 0 Å². The molecule has 1 unspecified atom stereocenters. The third kappa shape index (κ3) is 3.17. The van der Waals surface area contributed by atoms with Gasteiger partial charge in [0.15, 0.2) is 0 Å². The van der Waals surface area contributed by atoms with Crippen molar-refractivity contribution in [2.45, 2.75) is 19.9 Å². The monoisotopic (exact) mass is 261 g/mol. The predicted octanol–water partition coefficient (Wildman–Crippen LogP) is 1.16. The smallest absolute Gasteiger partial charge is 0.251 e. The number of rotatable bonds is 4. The van der Waals surface area contributed by atoms with Crippen LogP contribution in [0.25, 0.3) is 11.4 Å². The molecule has 2 N–H and O–H groups in total. The summed E-state index contributed by atoms with van der Waals surface area (Å²) >= 11 is 0. The highest BCUT2D eigenvalue weighted by molar-refractivity contribution is 5.95. The highest BCUT2D eigenvalue weighted by Crippen LogP contribution is 2.17. The number of aliphatic hydroxyl groups excluding tert-OH is 1. The first-order valence-corrected chi connectivity index (χ1v) is 5.92. The Morgan fingerprint density at radius 2 is 2.32 bits per heavy atom. The van der Waals surface area contributed by atoms with E-state index in [0.717, 1.165) is 0 Å². The van der Waals surface area contributed by atoms with Crippen LogP contribution in [0.1, 0.15) is 23.2 Å². The summed E-state index contributed by atoms with van der Waals surface area (Å²) in [7, 11) is 0. The molecule has 0 bridgehead atoms. The first kappa shape index (κ1) is 13.2. The zero-order valence-corrected chi connectivity index (χ0v) is 10.8. The van der Waals surface area contributed by atoms with Crippen LogP contribution in [0, 0.1) is 6.92 Å². The molecule has 2 rings (SSSR count). The third-order valence-corrected chi connectivity index (χ3v) is 2.56. The van der Waals surface area contributed by atoms with Crippen molar-refractivity contribution in [1.82, 2.24) is 15.5 Å². The summed E-state index contributed by atoms with van der Waals surface area (Å²) in [6.45, 7) is 3.33. The van der Waals surface area contributed by atoms with Gasteiger partial charge in [-0.25, -0.2) is 0 Å². The Morgan fingerprint density at radius 3 is 2.95 bits per heavy atom. The number of aryl methyl sites for hydroxylation is 1. The maximum atomic E-state index is 11.9. The zero-order valence-electron chi connectivity index (χ0n) is 10.8. The molecule has 0 aliphatic carbocycles. The number of hydrogen-bond acceptors (Lipinski definition) is 5. The molecule has 1 heterocycles. The van der Waals surface area contributed by atoms with Gasteiger partial charge in [-0.05, 0) is 19.1 Å². The van der Waals surface area contributed by atoms with Gasteiger partial charge in [-0.15, -0.1) is 0 Å². The van der Waals surface area contributed by atoms with E-state index in [2.05, 4.69) is 15.5 Å². The molecule has 0 saturated carbocycles. The summed E-state index contributed by atoms with van der Waals surface area (Å²) in [4.78, 5) is 16.0. The maximum Gasteiger partial charge on any atom is 0.251 e. The molecule has 1 atom stereocenters. The van der Waals surface area contributed by atoms with Crippen molar-refractivity contribution < 1.29 is 14.4 Å². The Bertz CT molecular complexity index is 580. The average Bonchev–Trinajstić information content (AvgIpc) is 2.85. The van der Waals surface area contributed by atoms with Crippen LogP contribution >= 0.6 is 0 Å². The van der Waals surface area contributed by atoms with Crippen LogP contribution in [-0.4, -0.2) is 33.8 Å². The molecule has 2 aromatic rings. The molecule has 100 valence electrons. The van der Waals surface area contributed by atoms with Gasteiger partial charge >= 0.3 is 0 Å². The fraction of sp³-hybridized carbons (Fsp3) is 0.308. The van der Waals surface area contributed by atoms with Crippen LogP contribution in [0.5, 0.6) is 0 Å². The molecule has 0 radical (unpaired) electrons. The van der Waals surface area contributed by atoms with Gasteiger partial charge in [0.25, 0.3) is 5.91 Å². The van der Waals surface area contributed by atoms with Crippen molar-refractivity contribution in [1.29, 1.82) is 0 Å². The van der Waals surface area contributed by atoms with Gasteiger partial charge in [0, 0.05) is 24.1 Å². The number of benzene rings is 1. The first-order chi connectivity index (χ1) is 9.10. The Kier molecular flexibility index (Phi) is 3.91. The number of hydrogen-bond donors (Lipinski definition) is 2.